The molecule has 2 unspecified atom stereocenters. The number of carbonyl (C=O) groups excluding carboxylic acids is 2. The van der Waals surface area contributed by atoms with Crippen LogP contribution in [0.5, 0.6) is 0 Å². The van der Waals surface area contributed by atoms with Gasteiger partial charge in [-0.15, -0.1) is 0 Å². The van der Waals surface area contributed by atoms with E-state index in [4.69, 9.17) is 4.74 Å². The Labute approximate surface area is 520 Å². The SMILES string of the molecule is CCCCCC/C=C\C/C=C\CCCCCCCC(=O)OCCCCCCCCCCCCCCCCCCCCCCCCCCCCCCCCCC(=O)NC(CO)C(O)CCCCCCCCCCCCCCCCCCCCC. The number of esters is 1. The Hall–Kier alpha value is -1.66. The lowest BCUT2D eigenvalue weighted by Gasteiger charge is -2.22. The number of rotatable bonds is 72. The van der Waals surface area contributed by atoms with Crippen molar-refractivity contribution in [1.82, 2.24) is 5.32 Å². The molecule has 0 saturated carbocycles. The van der Waals surface area contributed by atoms with E-state index >= 15 is 0 Å². The third-order valence-electron chi connectivity index (χ3n) is 18.0. The minimum atomic E-state index is -0.662. The fourth-order valence-electron chi connectivity index (χ4n) is 12.2. The summed E-state index contributed by atoms with van der Waals surface area (Å²) >= 11 is 0. The summed E-state index contributed by atoms with van der Waals surface area (Å²) in [5.41, 5.74) is 0. The van der Waals surface area contributed by atoms with Crippen LogP contribution in [0.2, 0.25) is 0 Å². The lowest BCUT2D eigenvalue weighted by Crippen LogP contribution is -2.45. The molecule has 0 spiro atoms. The van der Waals surface area contributed by atoms with Crippen molar-refractivity contribution in [3.05, 3.63) is 24.3 Å². The average Bonchev–Trinajstić information content (AvgIpc) is 3.48. The Morgan fingerprint density at radius 2 is 0.602 bits per heavy atom. The molecule has 0 bridgehead atoms. The van der Waals surface area contributed by atoms with Crippen molar-refractivity contribution in [3.8, 4) is 0 Å². The number of unbranched alkanes of at least 4 members (excludes halogenated alkanes) is 57. The normalized spacial score (nSPS) is 12.6. The largest absolute Gasteiger partial charge is 0.466 e. The van der Waals surface area contributed by atoms with Gasteiger partial charge in [0.15, 0.2) is 0 Å². The third-order valence-corrected chi connectivity index (χ3v) is 18.0. The lowest BCUT2D eigenvalue weighted by molar-refractivity contribution is -0.143. The second-order valence-electron chi connectivity index (χ2n) is 26.3. The average molecular weight is 1170 g/mol. The maximum absolute atomic E-state index is 12.5. The molecule has 0 saturated heterocycles. The summed E-state index contributed by atoms with van der Waals surface area (Å²) < 4.78 is 5.50. The van der Waals surface area contributed by atoms with E-state index in [1.54, 1.807) is 0 Å². The quantitative estimate of drug-likeness (QED) is 0.0320. The van der Waals surface area contributed by atoms with E-state index in [9.17, 15) is 19.8 Å². The number of amides is 1. The molecule has 0 rings (SSSR count). The summed E-state index contributed by atoms with van der Waals surface area (Å²) in [5.74, 6) is -0.0181. The summed E-state index contributed by atoms with van der Waals surface area (Å²) in [7, 11) is 0. The Morgan fingerprint density at radius 3 is 0.928 bits per heavy atom. The number of carbonyl (C=O) groups is 2. The van der Waals surface area contributed by atoms with Gasteiger partial charge in [-0.3, -0.25) is 9.59 Å². The molecule has 1 amide bonds. The van der Waals surface area contributed by atoms with Crippen LogP contribution < -0.4 is 5.32 Å². The fourth-order valence-corrected chi connectivity index (χ4v) is 12.2. The van der Waals surface area contributed by atoms with Crippen LogP contribution in [0.1, 0.15) is 431 Å². The van der Waals surface area contributed by atoms with Crippen LogP contribution in [0.4, 0.5) is 0 Å². The molecule has 2 atom stereocenters. The van der Waals surface area contributed by atoms with Crippen molar-refractivity contribution in [1.29, 1.82) is 0 Å². The number of aliphatic hydroxyl groups excluding tert-OH is 2. The molecule has 0 aromatic heterocycles. The number of aliphatic hydroxyl groups is 2. The monoisotopic (exact) mass is 1170 g/mol. The molecule has 0 aliphatic heterocycles. The molecular weight excluding hydrogens is 1020 g/mol. The van der Waals surface area contributed by atoms with Gasteiger partial charge in [-0.2, -0.15) is 0 Å². The van der Waals surface area contributed by atoms with Gasteiger partial charge in [0.1, 0.15) is 0 Å². The molecule has 0 heterocycles. The number of nitrogens with one attached hydrogen (secondary N) is 1. The fraction of sp³-hybridized carbons (Fsp3) is 0.922. The van der Waals surface area contributed by atoms with Crippen molar-refractivity contribution in [2.24, 2.45) is 0 Å². The first-order valence-electron chi connectivity index (χ1n) is 38.1. The van der Waals surface area contributed by atoms with Crippen LogP contribution in [0, 0.1) is 0 Å². The van der Waals surface area contributed by atoms with Crippen molar-refractivity contribution in [2.75, 3.05) is 13.2 Å². The smallest absolute Gasteiger partial charge is 0.305 e. The molecule has 0 aliphatic rings. The zero-order valence-corrected chi connectivity index (χ0v) is 56.5. The van der Waals surface area contributed by atoms with E-state index in [0.717, 1.165) is 51.4 Å². The van der Waals surface area contributed by atoms with E-state index in [1.165, 1.54) is 347 Å². The predicted molar refractivity (Wildman–Crippen MR) is 366 cm³/mol. The van der Waals surface area contributed by atoms with Crippen molar-refractivity contribution in [2.45, 2.75) is 443 Å². The third kappa shape index (κ3) is 69.3. The Morgan fingerprint density at radius 1 is 0.337 bits per heavy atom. The van der Waals surface area contributed by atoms with Gasteiger partial charge in [0.05, 0.1) is 25.4 Å². The van der Waals surface area contributed by atoms with Crippen molar-refractivity contribution < 1.29 is 24.5 Å². The first kappa shape index (κ1) is 81.3. The van der Waals surface area contributed by atoms with E-state index < -0.39 is 12.1 Å². The Kier molecular flexibility index (Phi) is 71.4. The topological polar surface area (TPSA) is 95.9 Å². The summed E-state index contributed by atoms with van der Waals surface area (Å²) in [4.78, 5) is 24.6. The number of ether oxygens (including phenoxy) is 1. The maximum Gasteiger partial charge on any atom is 0.305 e. The van der Waals surface area contributed by atoms with Gasteiger partial charge < -0.3 is 20.3 Å². The summed E-state index contributed by atoms with van der Waals surface area (Å²) in [5, 5.41) is 23.4. The van der Waals surface area contributed by atoms with E-state index in [-0.39, 0.29) is 18.5 Å². The van der Waals surface area contributed by atoms with Crippen molar-refractivity contribution >= 4 is 11.9 Å². The van der Waals surface area contributed by atoms with Gasteiger partial charge in [0.25, 0.3) is 0 Å². The first-order chi connectivity index (χ1) is 41.0. The van der Waals surface area contributed by atoms with Gasteiger partial charge >= 0.3 is 5.97 Å². The number of hydrogen-bond donors (Lipinski definition) is 3. The summed E-state index contributed by atoms with van der Waals surface area (Å²) in [6.07, 6.45) is 92.5. The molecule has 0 aromatic carbocycles. The van der Waals surface area contributed by atoms with Crippen LogP contribution in [0.3, 0.4) is 0 Å². The lowest BCUT2D eigenvalue weighted by atomic mass is 10.0. The first-order valence-corrected chi connectivity index (χ1v) is 38.1. The molecule has 6 heteroatoms. The minimum Gasteiger partial charge on any atom is -0.466 e. The summed E-state index contributed by atoms with van der Waals surface area (Å²) in [6.45, 7) is 4.98. The molecule has 83 heavy (non-hydrogen) atoms. The predicted octanol–water partition coefficient (Wildman–Crippen LogP) is 24.9. The Balaban J connectivity index is 3.33. The van der Waals surface area contributed by atoms with Gasteiger partial charge in [-0.25, -0.2) is 0 Å². The van der Waals surface area contributed by atoms with Gasteiger partial charge in [-0.05, 0) is 57.8 Å². The highest BCUT2D eigenvalue weighted by Gasteiger charge is 2.20. The number of allylic oxidation sites excluding steroid dienone is 4. The summed E-state index contributed by atoms with van der Waals surface area (Å²) in [6, 6.07) is -0.539. The Bertz CT molecular complexity index is 1300. The van der Waals surface area contributed by atoms with E-state index in [0.29, 0.717) is 25.9 Å². The zero-order valence-electron chi connectivity index (χ0n) is 56.5. The highest BCUT2D eigenvalue weighted by Crippen LogP contribution is 2.20. The molecule has 0 aliphatic carbocycles. The van der Waals surface area contributed by atoms with Crippen LogP contribution in [-0.2, 0) is 14.3 Å². The molecule has 3 N–H and O–H groups in total. The van der Waals surface area contributed by atoms with Crippen molar-refractivity contribution in [3.63, 3.8) is 0 Å². The van der Waals surface area contributed by atoms with E-state index in [2.05, 4.69) is 43.5 Å². The molecule has 6 nitrogen and oxygen atoms in total. The van der Waals surface area contributed by atoms with E-state index in [1.807, 2.05) is 0 Å². The maximum atomic E-state index is 12.5. The molecule has 0 aromatic rings. The van der Waals surface area contributed by atoms with Crippen LogP contribution in [-0.4, -0.2) is 47.4 Å². The van der Waals surface area contributed by atoms with Crippen LogP contribution >= 0.6 is 0 Å². The van der Waals surface area contributed by atoms with Gasteiger partial charge in [-0.1, -0.05) is 385 Å². The van der Waals surface area contributed by atoms with Gasteiger partial charge in [0, 0.05) is 12.8 Å². The van der Waals surface area contributed by atoms with Gasteiger partial charge in [0.2, 0.25) is 5.91 Å². The number of hydrogen-bond acceptors (Lipinski definition) is 5. The molecular formula is C77H149NO5. The highest BCUT2D eigenvalue weighted by molar-refractivity contribution is 5.76. The second kappa shape index (κ2) is 72.8. The molecule has 492 valence electrons. The zero-order chi connectivity index (χ0) is 59.9. The highest BCUT2D eigenvalue weighted by atomic mass is 16.5. The molecule has 0 radical (unpaired) electrons. The second-order valence-corrected chi connectivity index (χ2v) is 26.3. The minimum absolute atomic E-state index is 0.00805. The van der Waals surface area contributed by atoms with Crippen LogP contribution in [0.15, 0.2) is 24.3 Å². The molecule has 0 fully saturated rings. The van der Waals surface area contributed by atoms with Crippen LogP contribution in [0.25, 0.3) is 0 Å². The standard InChI is InChI=1S/C77H149NO5/c1-3-5-7-9-11-13-15-17-19-21-35-38-41-45-49-53-57-61-65-69-75(80)74(73-79)78-76(81)70-66-62-58-54-50-46-42-39-36-33-31-29-27-25-23-22-24-26-28-30-32-34-37-40-44-48-52-56-60-64-68-72-83-77(82)71-67-63-59-55-51-47-43-20-18-16-14-12-10-8-6-4-2/h14,16,20,43,74-75,79-80H,3-13,15,17-19,21-42,44-73H2,1-2H3,(H,78,81)/b16-14-,43-20-.